The second-order valence-electron chi connectivity index (χ2n) is 9.76. The van der Waals surface area contributed by atoms with Crippen LogP contribution in [-0.4, -0.2) is 36.2 Å². The third-order valence-corrected chi connectivity index (χ3v) is 8.65. The molecule has 130 valence electrons. The lowest BCUT2D eigenvalue weighted by Crippen LogP contribution is -2.53. The van der Waals surface area contributed by atoms with Crippen LogP contribution in [0.4, 0.5) is 0 Å². The van der Waals surface area contributed by atoms with Gasteiger partial charge < -0.3 is 10.0 Å². The van der Waals surface area contributed by atoms with Crippen molar-refractivity contribution in [1.29, 1.82) is 0 Å². The molecule has 0 radical (unpaired) electrons. The van der Waals surface area contributed by atoms with E-state index < -0.39 is 0 Å². The summed E-state index contributed by atoms with van der Waals surface area (Å²) in [7, 11) is 4.57. The Bertz CT molecular complexity index is 512. The Kier molecular flexibility index (Phi) is 3.74. The highest BCUT2D eigenvalue weighted by Gasteiger charge is 2.58. The Balaban J connectivity index is 1.65. The minimum Gasteiger partial charge on any atom is -0.393 e. The summed E-state index contributed by atoms with van der Waals surface area (Å²) in [6.07, 6.45) is 12.6. The summed E-state index contributed by atoms with van der Waals surface area (Å²) >= 11 is 0. The fourth-order valence-electron chi connectivity index (χ4n) is 7.46. The summed E-state index contributed by atoms with van der Waals surface area (Å²) in [6.45, 7) is 5.13. The third-order valence-electron chi connectivity index (χ3n) is 8.65. The normalized spacial score (nSPS) is 52.6. The molecular formula is C21H35NO. The number of rotatable bonds is 1. The van der Waals surface area contributed by atoms with Gasteiger partial charge in [-0.2, -0.15) is 0 Å². The van der Waals surface area contributed by atoms with E-state index in [4.69, 9.17) is 0 Å². The quantitative estimate of drug-likeness (QED) is 0.731. The second kappa shape index (κ2) is 5.33. The fraction of sp³-hybridized carbons (Fsp3) is 0.905. The van der Waals surface area contributed by atoms with Gasteiger partial charge in [0.2, 0.25) is 0 Å². The van der Waals surface area contributed by atoms with Crippen molar-refractivity contribution in [2.75, 3.05) is 14.1 Å². The van der Waals surface area contributed by atoms with Gasteiger partial charge in [0.1, 0.15) is 0 Å². The highest BCUT2D eigenvalue weighted by atomic mass is 16.3. The van der Waals surface area contributed by atoms with Crippen LogP contribution in [0.25, 0.3) is 0 Å². The standard InChI is InChI=1S/C21H35NO/c1-20-11-9-15(23)13-14(20)5-6-16-17-7-8-19(22(3)4)21(17,2)12-10-18(16)20/h5,15-19,23H,6-13H2,1-4H3/t15-,16+,17+,18+,19+,20-,21+/m0/s1. The lowest BCUT2D eigenvalue weighted by Gasteiger charge is -2.58. The van der Waals surface area contributed by atoms with Gasteiger partial charge in [0.25, 0.3) is 0 Å². The molecule has 4 aliphatic carbocycles. The summed E-state index contributed by atoms with van der Waals surface area (Å²) in [5.41, 5.74) is 2.52. The van der Waals surface area contributed by atoms with E-state index in [0.717, 1.165) is 36.6 Å². The first-order valence-electron chi connectivity index (χ1n) is 9.90. The van der Waals surface area contributed by atoms with E-state index in [-0.39, 0.29) is 6.10 Å². The number of aliphatic hydroxyl groups is 1. The molecule has 0 amide bonds. The third kappa shape index (κ3) is 2.20. The molecule has 0 aromatic carbocycles. The molecule has 23 heavy (non-hydrogen) atoms. The molecular weight excluding hydrogens is 282 g/mol. The van der Waals surface area contributed by atoms with E-state index in [9.17, 15) is 5.11 Å². The van der Waals surface area contributed by atoms with E-state index in [1.54, 1.807) is 5.57 Å². The molecule has 0 aliphatic heterocycles. The predicted molar refractivity (Wildman–Crippen MR) is 95.2 cm³/mol. The topological polar surface area (TPSA) is 23.5 Å². The highest BCUT2D eigenvalue weighted by molar-refractivity contribution is 5.25. The van der Waals surface area contributed by atoms with Crippen LogP contribution in [-0.2, 0) is 0 Å². The van der Waals surface area contributed by atoms with Crippen molar-refractivity contribution in [3.05, 3.63) is 11.6 Å². The van der Waals surface area contributed by atoms with E-state index >= 15 is 0 Å². The molecule has 0 bridgehead atoms. The van der Waals surface area contributed by atoms with Crippen LogP contribution in [0, 0.1) is 28.6 Å². The molecule has 2 heteroatoms. The first-order chi connectivity index (χ1) is 10.9. The first-order valence-corrected chi connectivity index (χ1v) is 9.90. The summed E-state index contributed by atoms with van der Waals surface area (Å²) in [5, 5.41) is 10.1. The second-order valence-corrected chi connectivity index (χ2v) is 9.76. The molecule has 0 aromatic rings. The van der Waals surface area contributed by atoms with Gasteiger partial charge in [0.15, 0.2) is 0 Å². The Morgan fingerprint density at radius 3 is 2.57 bits per heavy atom. The first kappa shape index (κ1) is 16.1. The molecule has 3 fully saturated rings. The number of hydrogen-bond acceptors (Lipinski definition) is 2. The zero-order chi connectivity index (χ0) is 16.4. The van der Waals surface area contributed by atoms with E-state index in [1.165, 1.54) is 38.5 Å². The van der Waals surface area contributed by atoms with E-state index in [2.05, 4.69) is 38.9 Å². The van der Waals surface area contributed by atoms with Gasteiger partial charge in [-0.1, -0.05) is 25.5 Å². The van der Waals surface area contributed by atoms with Crippen molar-refractivity contribution < 1.29 is 5.11 Å². The van der Waals surface area contributed by atoms with Crippen LogP contribution >= 0.6 is 0 Å². The number of fused-ring (bicyclic) bond motifs is 5. The maximum Gasteiger partial charge on any atom is 0.0577 e. The zero-order valence-electron chi connectivity index (χ0n) is 15.5. The van der Waals surface area contributed by atoms with E-state index in [1.807, 2.05) is 0 Å². The number of allylic oxidation sites excluding steroid dienone is 1. The van der Waals surface area contributed by atoms with Crippen LogP contribution in [0.15, 0.2) is 11.6 Å². The Labute approximate surface area is 142 Å². The van der Waals surface area contributed by atoms with Crippen molar-refractivity contribution in [1.82, 2.24) is 4.90 Å². The van der Waals surface area contributed by atoms with Crippen molar-refractivity contribution in [3.8, 4) is 0 Å². The lowest BCUT2D eigenvalue weighted by atomic mass is 9.48. The van der Waals surface area contributed by atoms with Crippen LogP contribution in [0.2, 0.25) is 0 Å². The highest BCUT2D eigenvalue weighted by Crippen LogP contribution is 2.65. The monoisotopic (exact) mass is 317 g/mol. The Morgan fingerprint density at radius 1 is 1.04 bits per heavy atom. The number of aliphatic hydroxyl groups excluding tert-OH is 1. The summed E-state index contributed by atoms with van der Waals surface area (Å²) in [4.78, 5) is 2.50. The molecule has 4 rings (SSSR count). The molecule has 1 N–H and O–H groups in total. The summed E-state index contributed by atoms with van der Waals surface area (Å²) in [6, 6.07) is 0.778. The maximum absolute atomic E-state index is 10.1. The minimum absolute atomic E-state index is 0.0793. The minimum atomic E-state index is -0.0793. The number of hydrogen-bond donors (Lipinski definition) is 1. The fourth-order valence-corrected chi connectivity index (χ4v) is 7.46. The SMILES string of the molecule is CN(C)[C@@H]1CC[C@@H]2[C@H]3CC=C4C[C@@H](O)CC[C@]4(C)[C@@H]3CC[C@]21C. The molecule has 3 saturated carbocycles. The van der Waals surface area contributed by atoms with Gasteiger partial charge in [0, 0.05) is 6.04 Å². The zero-order valence-corrected chi connectivity index (χ0v) is 15.5. The molecule has 0 unspecified atom stereocenters. The average molecular weight is 318 g/mol. The van der Waals surface area contributed by atoms with Gasteiger partial charge >= 0.3 is 0 Å². The van der Waals surface area contributed by atoms with Crippen LogP contribution in [0.5, 0.6) is 0 Å². The lowest BCUT2D eigenvalue weighted by molar-refractivity contribution is -0.0537. The van der Waals surface area contributed by atoms with Crippen molar-refractivity contribution in [3.63, 3.8) is 0 Å². The molecule has 0 spiro atoms. The van der Waals surface area contributed by atoms with E-state index in [0.29, 0.717) is 10.8 Å². The molecule has 0 aromatic heterocycles. The van der Waals surface area contributed by atoms with Crippen LogP contribution < -0.4 is 0 Å². The van der Waals surface area contributed by atoms with Crippen molar-refractivity contribution in [2.45, 2.75) is 77.4 Å². The smallest absolute Gasteiger partial charge is 0.0577 e. The summed E-state index contributed by atoms with van der Waals surface area (Å²) < 4.78 is 0. The molecule has 7 atom stereocenters. The number of nitrogens with zero attached hydrogens (tertiary/aromatic N) is 1. The van der Waals surface area contributed by atoms with Crippen LogP contribution in [0.3, 0.4) is 0 Å². The predicted octanol–water partition coefficient (Wildman–Crippen LogP) is 4.24. The molecule has 4 aliphatic rings. The van der Waals surface area contributed by atoms with Gasteiger partial charge in [-0.05, 0) is 94.0 Å². The van der Waals surface area contributed by atoms with Gasteiger partial charge in [-0.15, -0.1) is 0 Å². The largest absolute Gasteiger partial charge is 0.393 e. The maximum atomic E-state index is 10.1. The average Bonchev–Trinajstić information content (AvgIpc) is 2.85. The molecule has 2 nitrogen and oxygen atoms in total. The molecule has 0 heterocycles. The summed E-state index contributed by atoms with van der Waals surface area (Å²) in [5.74, 6) is 2.67. The van der Waals surface area contributed by atoms with Crippen molar-refractivity contribution >= 4 is 0 Å². The van der Waals surface area contributed by atoms with Gasteiger partial charge in [0.05, 0.1) is 6.10 Å². The molecule has 0 saturated heterocycles. The van der Waals surface area contributed by atoms with Gasteiger partial charge in [-0.3, -0.25) is 0 Å². The van der Waals surface area contributed by atoms with Crippen molar-refractivity contribution in [2.24, 2.45) is 28.6 Å². The van der Waals surface area contributed by atoms with Gasteiger partial charge in [-0.25, -0.2) is 0 Å². The Morgan fingerprint density at radius 2 is 1.83 bits per heavy atom. The van der Waals surface area contributed by atoms with Crippen LogP contribution in [0.1, 0.15) is 65.2 Å². The Hall–Kier alpha value is -0.340.